The van der Waals surface area contributed by atoms with Crippen LogP contribution in [0.4, 0.5) is 0 Å². The topological polar surface area (TPSA) is 0 Å². The number of allylic oxidation sites excluding steroid dienone is 2. The average molecular weight is 274 g/mol. The van der Waals surface area contributed by atoms with Crippen molar-refractivity contribution in [3.63, 3.8) is 0 Å². The van der Waals surface area contributed by atoms with Crippen molar-refractivity contribution in [1.82, 2.24) is 0 Å². The Hall–Kier alpha value is -0.520. The van der Waals surface area contributed by atoms with Gasteiger partial charge in [-0.15, -0.1) is 0 Å². The molecule has 0 aromatic heterocycles. The van der Waals surface area contributed by atoms with Gasteiger partial charge in [0.25, 0.3) is 0 Å². The predicted molar refractivity (Wildman–Crippen MR) is 89.6 cm³/mol. The summed E-state index contributed by atoms with van der Waals surface area (Å²) in [5.74, 6) is 5.14. The highest BCUT2D eigenvalue weighted by molar-refractivity contribution is 5.06. The normalized spacial score (nSPS) is 42.2. The fraction of sp³-hybridized carbons (Fsp3) is 0.800. The summed E-state index contributed by atoms with van der Waals surface area (Å²) in [5, 5.41) is 0. The van der Waals surface area contributed by atoms with E-state index in [0.29, 0.717) is 0 Å². The molecule has 114 valence electrons. The Morgan fingerprint density at radius 3 is 2.10 bits per heavy atom. The molecule has 0 spiro atoms. The first kappa shape index (κ1) is 15.9. The van der Waals surface area contributed by atoms with Crippen LogP contribution in [0.25, 0.3) is 0 Å². The van der Waals surface area contributed by atoms with E-state index in [-0.39, 0.29) is 0 Å². The summed E-state index contributed by atoms with van der Waals surface area (Å²) in [5.41, 5.74) is 2.85. The molecule has 2 saturated carbocycles. The van der Waals surface area contributed by atoms with Gasteiger partial charge in [-0.2, -0.15) is 0 Å². The Labute approximate surface area is 126 Å². The van der Waals surface area contributed by atoms with E-state index in [2.05, 4.69) is 40.9 Å². The molecule has 0 amide bonds. The minimum Gasteiger partial charge on any atom is -0.0999 e. The van der Waals surface area contributed by atoms with E-state index < -0.39 is 0 Å². The molecule has 6 unspecified atom stereocenters. The highest BCUT2D eigenvalue weighted by Gasteiger charge is 2.39. The highest BCUT2D eigenvalue weighted by Crippen LogP contribution is 2.49. The molecule has 2 aliphatic carbocycles. The molecule has 2 fully saturated rings. The van der Waals surface area contributed by atoms with Crippen molar-refractivity contribution in [2.75, 3.05) is 0 Å². The van der Waals surface area contributed by atoms with Gasteiger partial charge in [0.05, 0.1) is 0 Å². The van der Waals surface area contributed by atoms with E-state index in [1.165, 1.54) is 49.7 Å². The summed E-state index contributed by atoms with van der Waals surface area (Å²) in [6, 6.07) is 0. The van der Waals surface area contributed by atoms with Crippen LogP contribution in [0.5, 0.6) is 0 Å². The molecule has 0 aromatic rings. The van der Waals surface area contributed by atoms with Crippen LogP contribution in [0.1, 0.15) is 66.2 Å². The monoisotopic (exact) mass is 274 g/mol. The Kier molecular flexibility index (Phi) is 5.15. The lowest BCUT2D eigenvalue weighted by Crippen LogP contribution is -2.37. The first-order valence-corrected chi connectivity index (χ1v) is 8.71. The van der Waals surface area contributed by atoms with E-state index in [4.69, 9.17) is 0 Å². The second-order valence-electron chi connectivity index (χ2n) is 8.03. The molecular formula is C20H34. The lowest BCUT2D eigenvalue weighted by molar-refractivity contribution is 0.0696. The first-order chi connectivity index (χ1) is 9.40. The minimum atomic E-state index is 0.777. The predicted octanol–water partition coefficient (Wildman–Crippen LogP) is 6.24. The Bertz CT molecular complexity index is 364. The second kappa shape index (κ2) is 6.50. The maximum absolute atomic E-state index is 4.31. The van der Waals surface area contributed by atoms with Gasteiger partial charge in [0, 0.05) is 0 Å². The third-order valence-electron chi connectivity index (χ3n) is 6.30. The molecule has 0 heterocycles. The van der Waals surface area contributed by atoms with Gasteiger partial charge in [0.2, 0.25) is 0 Å². The van der Waals surface area contributed by atoms with Crippen molar-refractivity contribution in [2.45, 2.75) is 66.2 Å². The van der Waals surface area contributed by atoms with Crippen LogP contribution in [0.15, 0.2) is 24.3 Å². The third kappa shape index (κ3) is 3.38. The first-order valence-electron chi connectivity index (χ1n) is 8.71. The minimum absolute atomic E-state index is 0.777. The lowest BCUT2D eigenvalue weighted by atomic mass is 9.59. The quantitative estimate of drug-likeness (QED) is 0.534. The van der Waals surface area contributed by atoms with Gasteiger partial charge >= 0.3 is 0 Å². The molecule has 0 radical (unpaired) electrons. The van der Waals surface area contributed by atoms with Crippen molar-refractivity contribution in [3.8, 4) is 0 Å². The molecule has 20 heavy (non-hydrogen) atoms. The molecule has 0 saturated heterocycles. The number of hydrogen-bond donors (Lipinski definition) is 0. The second-order valence-corrected chi connectivity index (χ2v) is 8.03. The third-order valence-corrected chi connectivity index (χ3v) is 6.30. The van der Waals surface area contributed by atoms with Crippen molar-refractivity contribution in [3.05, 3.63) is 24.3 Å². The summed E-state index contributed by atoms with van der Waals surface area (Å²) in [7, 11) is 0. The van der Waals surface area contributed by atoms with Crippen LogP contribution in [-0.2, 0) is 0 Å². The van der Waals surface area contributed by atoms with Crippen LogP contribution in [0.3, 0.4) is 0 Å². The van der Waals surface area contributed by atoms with Crippen LogP contribution in [-0.4, -0.2) is 0 Å². The van der Waals surface area contributed by atoms with Crippen LogP contribution < -0.4 is 0 Å². The van der Waals surface area contributed by atoms with Gasteiger partial charge < -0.3 is 0 Å². The molecule has 6 atom stereocenters. The largest absolute Gasteiger partial charge is 0.0999 e. The summed E-state index contributed by atoms with van der Waals surface area (Å²) >= 11 is 0. The zero-order chi connectivity index (χ0) is 14.9. The van der Waals surface area contributed by atoms with Crippen molar-refractivity contribution in [2.24, 2.45) is 35.5 Å². The fourth-order valence-corrected chi connectivity index (χ4v) is 4.91. The fourth-order valence-electron chi connectivity index (χ4n) is 4.91. The highest BCUT2D eigenvalue weighted by atomic mass is 14.4. The van der Waals surface area contributed by atoms with Crippen LogP contribution in [0, 0.1) is 35.5 Å². The molecule has 0 bridgehead atoms. The summed E-state index contributed by atoms with van der Waals surface area (Å²) in [6.07, 6.45) is 8.36. The van der Waals surface area contributed by atoms with Gasteiger partial charge in [-0.25, -0.2) is 0 Å². The Balaban J connectivity index is 2.16. The van der Waals surface area contributed by atoms with E-state index in [1.54, 1.807) is 0 Å². The summed E-state index contributed by atoms with van der Waals surface area (Å²) < 4.78 is 0. The van der Waals surface area contributed by atoms with Crippen LogP contribution >= 0.6 is 0 Å². The van der Waals surface area contributed by atoms with Gasteiger partial charge in [-0.1, -0.05) is 44.6 Å². The van der Waals surface area contributed by atoms with E-state index >= 15 is 0 Å². The smallest absolute Gasteiger partial charge is 0.0177 e. The van der Waals surface area contributed by atoms with Crippen molar-refractivity contribution in [1.29, 1.82) is 0 Å². The zero-order valence-corrected chi connectivity index (χ0v) is 14.1. The maximum Gasteiger partial charge on any atom is -0.0177 e. The van der Waals surface area contributed by atoms with Crippen LogP contribution in [0.2, 0.25) is 0 Å². The molecule has 0 aromatic carbocycles. The number of hydrogen-bond acceptors (Lipinski definition) is 0. The standard InChI is InChI=1S/C20H34/c1-13(2)17-9-8-16(6)19(12-17)20-11-15(5)7-10-18(20)14(3)4/h15-20H,1,3,7-12H2,2,4-6H3. The van der Waals surface area contributed by atoms with Crippen molar-refractivity contribution < 1.29 is 0 Å². The molecular weight excluding hydrogens is 240 g/mol. The molecule has 0 nitrogen and oxygen atoms in total. The SMILES string of the molecule is C=C(C)C1CCC(C)C(C2CC(C)CCC2C(=C)C)C1. The molecule has 2 aliphatic rings. The molecule has 0 aliphatic heterocycles. The zero-order valence-electron chi connectivity index (χ0n) is 14.1. The van der Waals surface area contributed by atoms with E-state index in [9.17, 15) is 0 Å². The van der Waals surface area contributed by atoms with Gasteiger partial charge in [-0.05, 0) is 81.5 Å². The average Bonchev–Trinajstić information content (AvgIpc) is 2.38. The molecule has 0 N–H and O–H groups in total. The Morgan fingerprint density at radius 1 is 0.800 bits per heavy atom. The summed E-state index contributed by atoms with van der Waals surface area (Å²) in [6.45, 7) is 18.0. The van der Waals surface area contributed by atoms with Crippen molar-refractivity contribution >= 4 is 0 Å². The molecule has 0 heteroatoms. The van der Waals surface area contributed by atoms with E-state index in [1.807, 2.05) is 0 Å². The van der Waals surface area contributed by atoms with Gasteiger partial charge in [-0.3, -0.25) is 0 Å². The van der Waals surface area contributed by atoms with E-state index in [0.717, 1.165) is 35.5 Å². The molecule has 2 rings (SSSR count). The van der Waals surface area contributed by atoms with Gasteiger partial charge in [0.1, 0.15) is 0 Å². The summed E-state index contributed by atoms with van der Waals surface area (Å²) in [4.78, 5) is 0. The Morgan fingerprint density at radius 2 is 1.50 bits per heavy atom. The number of rotatable bonds is 3. The maximum atomic E-state index is 4.31. The van der Waals surface area contributed by atoms with Gasteiger partial charge in [0.15, 0.2) is 0 Å². The lowest BCUT2D eigenvalue weighted by Gasteiger charge is -2.46.